The van der Waals surface area contributed by atoms with Gasteiger partial charge in [-0.25, -0.2) is 9.37 Å². The lowest BCUT2D eigenvalue weighted by Crippen LogP contribution is -2.69. The standard InChI is InChI=1S/C74H80FN5O8Si2/c1-70(2,3)89(10,11)88-65-63(75)68(80-51-76-64-66(80)77-69(78-67(64)81)79-73(52-27-17-12-18-28-52,53-29-19-13-20-30-53)54-37-43-58(82-7)44-38-54)87-72(65,50-86-90(71(4,5)6,61-33-23-15-24-34-61)62-35-25-16-26-36-62)49-85-74(55-31-21-14-22-32-55,56-39-45-59(83-8)46-40-56)57-41-47-60(84-9)48-42-57/h12-48,51,63,65,68H,49-50H2,1-11H3,(H2,77,78,79,81)/t63-,65-,68+,72+/m0/s1. The quantitative estimate of drug-likeness (QED) is 0.0495. The van der Waals surface area contributed by atoms with Crippen molar-refractivity contribution in [3.63, 3.8) is 0 Å². The average molecular weight is 1240 g/mol. The molecular weight excluding hydrogens is 1160 g/mol. The molecule has 3 heterocycles. The second kappa shape index (κ2) is 25.4. The van der Waals surface area contributed by atoms with Crippen LogP contribution in [0.15, 0.2) is 236 Å². The number of fused-ring (bicyclic) bond motifs is 1. The molecule has 0 spiro atoms. The Hall–Kier alpha value is -8.49. The van der Waals surface area contributed by atoms with Crippen LogP contribution in [0, 0.1) is 0 Å². The monoisotopic (exact) mass is 1240 g/mol. The molecule has 90 heavy (non-hydrogen) atoms. The van der Waals surface area contributed by atoms with Crippen molar-refractivity contribution in [3.8, 4) is 17.2 Å². The van der Waals surface area contributed by atoms with E-state index in [4.69, 9.17) is 42.5 Å². The first kappa shape index (κ1) is 63.1. The molecule has 2 N–H and O–H groups in total. The van der Waals surface area contributed by atoms with Gasteiger partial charge in [0.15, 0.2) is 31.9 Å². The van der Waals surface area contributed by atoms with E-state index in [-0.39, 0.29) is 30.3 Å². The number of aromatic nitrogens is 4. The zero-order valence-electron chi connectivity index (χ0n) is 53.1. The average Bonchev–Trinajstić information content (AvgIpc) is 1.39. The summed E-state index contributed by atoms with van der Waals surface area (Å²) in [5, 5.41) is 4.83. The highest BCUT2D eigenvalue weighted by atomic mass is 28.4. The van der Waals surface area contributed by atoms with Gasteiger partial charge in [-0.1, -0.05) is 230 Å². The molecule has 464 valence electrons. The molecule has 0 saturated carbocycles. The number of imidazole rings is 1. The van der Waals surface area contributed by atoms with Gasteiger partial charge < -0.3 is 37.9 Å². The molecule has 0 bridgehead atoms. The van der Waals surface area contributed by atoms with Gasteiger partial charge in [0.05, 0.1) is 40.9 Å². The van der Waals surface area contributed by atoms with Crippen molar-refractivity contribution < 1.29 is 36.9 Å². The summed E-state index contributed by atoms with van der Waals surface area (Å²) in [6.45, 7) is 16.8. The van der Waals surface area contributed by atoms with E-state index < -0.39 is 67.5 Å². The van der Waals surface area contributed by atoms with Gasteiger partial charge in [-0.3, -0.25) is 14.3 Å². The van der Waals surface area contributed by atoms with Gasteiger partial charge in [-0.2, -0.15) is 4.98 Å². The van der Waals surface area contributed by atoms with Crippen LogP contribution in [0.5, 0.6) is 17.2 Å². The fraction of sp³-hybridized carbons (Fsp3) is 0.284. The summed E-state index contributed by atoms with van der Waals surface area (Å²) >= 11 is 0. The lowest BCUT2D eigenvalue weighted by atomic mass is 9.77. The first-order chi connectivity index (χ1) is 43.2. The predicted molar refractivity (Wildman–Crippen MR) is 359 cm³/mol. The van der Waals surface area contributed by atoms with Gasteiger partial charge in [-0.15, -0.1) is 0 Å². The molecule has 0 amide bonds. The third-order valence-electron chi connectivity index (χ3n) is 18.3. The number of hydrogen-bond acceptors (Lipinski definition) is 11. The number of benzene rings is 8. The molecule has 0 radical (unpaired) electrons. The van der Waals surface area contributed by atoms with E-state index in [0.717, 1.165) is 43.8 Å². The first-order valence-electron chi connectivity index (χ1n) is 30.5. The summed E-state index contributed by atoms with van der Waals surface area (Å²) in [5.74, 6) is 2.07. The van der Waals surface area contributed by atoms with Crippen LogP contribution >= 0.6 is 0 Å². The zero-order valence-corrected chi connectivity index (χ0v) is 55.1. The number of halogens is 1. The molecule has 0 aliphatic carbocycles. The van der Waals surface area contributed by atoms with Crippen LogP contribution in [-0.2, 0) is 29.5 Å². The van der Waals surface area contributed by atoms with Crippen molar-refractivity contribution in [2.45, 2.75) is 100.0 Å². The Kier molecular flexibility index (Phi) is 17.8. The van der Waals surface area contributed by atoms with Gasteiger partial charge in [0, 0.05) is 0 Å². The van der Waals surface area contributed by atoms with Gasteiger partial charge in [0.25, 0.3) is 13.9 Å². The molecule has 0 unspecified atom stereocenters. The highest BCUT2D eigenvalue weighted by molar-refractivity contribution is 6.99. The van der Waals surface area contributed by atoms with Crippen LogP contribution in [-0.4, -0.2) is 88.6 Å². The minimum Gasteiger partial charge on any atom is -0.497 e. The van der Waals surface area contributed by atoms with E-state index in [2.05, 4.69) is 89.2 Å². The number of methoxy groups -OCH3 is 3. The molecule has 1 fully saturated rings. The summed E-state index contributed by atoms with van der Waals surface area (Å²) in [4.78, 5) is 27.8. The van der Waals surface area contributed by atoms with E-state index in [9.17, 15) is 4.79 Å². The van der Waals surface area contributed by atoms with Crippen LogP contribution in [0.3, 0.4) is 0 Å². The third kappa shape index (κ3) is 11.6. The smallest absolute Gasteiger partial charge is 0.280 e. The molecular formula is C74H80FN5O8Si2. The van der Waals surface area contributed by atoms with Crippen LogP contribution in [0.4, 0.5) is 10.3 Å². The Bertz CT molecular complexity index is 3930. The number of rotatable bonds is 22. The summed E-state index contributed by atoms with van der Waals surface area (Å²) in [6, 6.07) is 74.0. The number of nitrogens with one attached hydrogen (secondary N) is 2. The normalized spacial score (nSPS) is 17.5. The number of alkyl halides is 1. The van der Waals surface area contributed by atoms with Gasteiger partial charge in [0.1, 0.15) is 40.1 Å². The van der Waals surface area contributed by atoms with Crippen molar-refractivity contribution in [1.29, 1.82) is 0 Å². The Labute approximate surface area is 529 Å². The van der Waals surface area contributed by atoms with Crippen LogP contribution in [0.1, 0.15) is 81.2 Å². The minimum absolute atomic E-state index is 0.0212. The highest BCUT2D eigenvalue weighted by Crippen LogP contribution is 2.51. The topological polar surface area (TPSA) is 140 Å². The van der Waals surface area contributed by atoms with Crippen LogP contribution in [0.25, 0.3) is 11.2 Å². The second-order valence-corrected chi connectivity index (χ2v) is 34.7. The molecule has 1 saturated heterocycles. The summed E-state index contributed by atoms with van der Waals surface area (Å²) in [7, 11) is -1.59. The van der Waals surface area contributed by atoms with Crippen molar-refractivity contribution in [1.82, 2.24) is 19.5 Å². The molecule has 1 aliphatic rings. The molecule has 8 aromatic carbocycles. The second-order valence-electron chi connectivity index (χ2n) is 25.6. The van der Waals surface area contributed by atoms with Gasteiger partial charge in [-0.05, 0) is 103 Å². The van der Waals surface area contributed by atoms with Crippen LogP contribution < -0.4 is 35.5 Å². The molecule has 2 aromatic heterocycles. The molecule has 4 atom stereocenters. The molecule has 11 rings (SSSR count). The lowest BCUT2D eigenvalue weighted by molar-refractivity contribution is -0.172. The minimum atomic E-state index is -3.48. The fourth-order valence-corrected chi connectivity index (χ4v) is 18.5. The van der Waals surface area contributed by atoms with E-state index in [1.54, 1.807) is 21.3 Å². The number of hydrogen-bond donors (Lipinski definition) is 2. The number of anilines is 1. The van der Waals surface area contributed by atoms with Gasteiger partial charge in [0.2, 0.25) is 5.95 Å². The number of H-pyrrole nitrogens is 1. The number of aromatic amines is 1. The van der Waals surface area contributed by atoms with Crippen molar-refractivity contribution in [2.75, 3.05) is 39.9 Å². The predicted octanol–water partition coefficient (Wildman–Crippen LogP) is 14.1. The highest BCUT2D eigenvalue weighted by Gasteiger charge is 2.63. The Balaban J connectivity index is 1.14. The number of nitrogens with zero attached hydrogens (tertiary/aromatic N) is 3. The lowest BCUT2D eigenvalue weighted by Gasteiger charge is -2.48. The fourth-order valence-electron chi connectivity index (χ4n) is 12.5. The maximum Gasteiger partial charge on any atom is 0.280 e. The van der Waals surface area contributed by atoms with Crippen molar-refractivity contribution >= 4 is 44.1 Å². The molecule has 16 heteroatoms. The summed E-state index contributed by atoms with van der Waals surface area (Å²) in [6.07, 6.45) is -3.38. The zero-order chi connectivity index (χ0) is 63.5. The Morgan fingerprint density at radius 2 is 0.978 bits per heavy atom. The van der Waals surface area contributed by atoms with Gasteiger partial charge >= 0.3 is 0 Å². The Morgan fingerprint density at radius 3 is 1.41 bits per heavy atom. The summed E-state index contributed by atoms with van der Waals surface area (Å²) < 4.78 is 69.6. The Morgan fingerprint density at radius 1 is 0.567 bits per heavy atom. The summed E-state index contributed by atoms with van der Waals surface area (Å²) in [5.41, 5.74) is 0.0138. The molecule has 1 aliphatic heterocycles. The number of ether oxygens (including phenoxy) is 5. The van der Waals surface area contributed by atoms with E-state index in [1.807, 2.05) is 200 Å². The van der Waals surface area contributed by atoms with E-state index in [0.29, 0.717) is 17.2 Å². The van der Waals surface area contributed by atoms with Crippen molar-refractivity contribution in [2.24, 2.45) is 0 Å². The van der Waals surface area contributed by atoms with E-state index >= 15 is 4.39 Å². The maximum atomic E-state index is 19.7. The van der Waals surface area contributed by atoms with Crippen molar-refractivity contribution in [3.05, 3.63) is 275 Å². The largest absolute Gasteiger partial charge is 0.497 e. The maximum absolute atomic E-state index is 19.7. The SMILES string of the molecule is COc1ccc(C(Nc2nc3c(ncn3[C@@H]3O[C@](COC(c4ccccc4)(c4ccc(OC)cc4)c4ccc(OC)cc4)(CO[Si](c4ccccc4)(c4ccccc4)C(C)(C)C)[C@@H](O[Si](C)(C)C(C)(C)C)[C@@H]3F)c(=O)[nH]2)(c2ccccc2)c2ccccc2)cc1. The van der Waals surface area contributed by atoms with Crippen LogP contribution in [0.2, 0.25) is 23.2 Å². The van der Waals surface area contributed by atoms with E-state index in [1.165, 1.54) is 10.9 Å². The first-order valence-corrected chi connectivity index (χ1v) is 35.3. The third-order valence-corrected chi connectivity index (χ3v) is 27.7. The molecule has 10 aromatic rings. The molecule has 13 nitrogen and oxygen atoms in total.